The first-order chi connectivity index (χ1) is 9.27. The van der Waals surface area contributed by atoms with Crippen molar-refractivity contribution in [2.24, 2.45) is 0 Å². The number of hydrogen-bond acceptors (Lipinski definition) is 2. The van der Waals surface area contributed by atoms with Crippen LogP contribution in [0.3, 0.4) is 0 Å². The van der Waals surface area contributed by atoms with Gasteiger partial charge in [0.15, 0.2) is 0 Å². The van der Waals surface area contributed by atoms with E-state index >= 15 is 0 Å². The molecular formula is C16H25FN2. The molecule has 1 aromatic rings. The Bertz CT molecular complexity index is 375. The van der Waals surface area contributed by atoms with Crippen LogP contribution in [0.4, 0.5) is 10.1 Å². The predicted octanol–water partition coefficient (Wildman–Crippen LogP) is 3.57. The van der Waals surface area contributed by atoms with Crippen LogP contribution >= 0.6 is 0 Å². The molecule has 1 aliphatic carbocycles. The lowest BCUT2D eigenvalue weighted by Crippen LogP contribution is -2.33. The number of nitrogens with zero attached hydrogens (tertiary/aromatic N) is 1. The van der Waals surface area contributed by atoms with Crippen molar-refractivity contribution in [3.05, 3.63) is 30.1 Å². The number of nitrogens with one attached hydrogen (secondary N) is 1. The van der Waals surface area contributed by atoms with E-state index in [-0.39, 0.29) is 5.82 Å². The predicted molar refractivity (Wildman–Crippen MR) is 79.2 cm³/mol. The maximum atomic E-state index is 13.6. The highest BCUT2D eigenvalue weighted by Crippen LogP contribution is 2.18. The Balaban J connectivity index is 1.66. The first-order valence-electron chi connectivity index (χ1n) is 7.46. The van der Waals surface area contributed by atoms with Crippen molar-refractivity contribution in [1.82, 2.24) is 5.32 Å². The molecule has 2 nitrogen and oxygen atoms in total. The van der Waals surface area contributed by atoms with Crippen LogP contribution in [0.2, 0.25) is 0 Å². The number of benzene rings is 1. The van der Waals surface area contributed by atoms with E-state index in [4.69, 9.17) is 0 Å². The van der Waals surface area contributed by atoms with Crippen LogP contribution < -0.4 is 10.2 Å². The highest BCUT2D eigenvalue weighted by Gasteiger charge is 2.12. The van der Waals surface area contributed by atoms with Gasteiger partial charge in [-0.1, -0.05) is 31.4 Å². The van der Waals surface area contributed by atoms with Crippen molar-refractivity contribution >= 4 is 5.69 Å². The Kier molecular flexibility index (Phi) is 5.64. The molecule has 19 heavy (non-hydrogen) atoms. The smallest absolute Gasteiger partial charge is 0.146 e. The zero-order valence-corrected chi connectivity index (χ0v) is 11.9. The summed E-state index contributed by atoms with van der Waals surface area (Å²) in [6.07, 6.45) is 7.83. The molecule has 2 rings (SSSR count). The van der Waals surface area contributed by atoms with Crippen LogP contribution in [-0.2, 0) is 0 Å². The van der Waals surface area contributed by atoms with Gasteiger partial charge in [0.25, 0.3) is 0 Å². The zero-order chi connectivity index (χ0) is 13.5. The number of rotatable bonds is 6. The van der Waals surface area contributed by atoms with Gasteiger partial charge in [-0.3, -0.25) is 0 Å². The molecule has 1 saturated carbocycles. The second kappa shape index (κ2) is 7.49. The Morgan fingerprint density at radius 2 is 1.95 bits per heavy atom. The molecule has 1 N–H and O–H groups in total. The van der Waals surface area contributed by atoms with E-state index in [0.717, 1.165) is 19.5 Å². The number of para-hydroxylation sites is 1. The molecule has 0 atom stereocenters. The summed E-state index contributed by atoms with van der Waals surface area (Å²) in [5.74, 6) is -0.134. The molecule has 1 aromatic carbocycles. The van der Waals surface area contributed by atoms with Crippen molar-refractivity contribution in [3.8, 4) is 0 Å². The minimum atomic E-state index is -0.134. The molecule has 0 aromatic heterocycles. The number of hydrogen-bond donors (Lipinski definition) is 1. The van der Waals surface area contributed by atoms with Crippen LogP contribution in [0.1, 0.15) is 38.5 Å². The molecule has 0 spiro atoms. The third kappa shape index (κ3) is 4.50. The summed E-state index contributed by atoms with van der Waals surface area (Å²) < 4.78 is 13.6. The topological polar surface area (TPSA) is 15.3 Å². The van der Waals surface area contributed by atoms with Crippen molar-refractivity contribution in [3.63, 3.8) is 0 Å². The summed E-state index contributed by atoms with van der Waals surface area (Å²) in [4.78, 5) is 2.00. The highest BCUT2D eigenvalue weighted by molar-refractivity contribution is 5.46. The molecule has 0 unspecified atom stereocenters. The lowest BCUT2D eigenvalue weighted by molar-refractivity contribution is 0.373. The van der Waals surface area contributed by atoms with Crippen molar-refractivity contribution < 1.29 is 4.39 Å². The van der Waals surface area contributed by atoms with E-state index in [1.807, 2.05) is 24.1 Å². The lowest BCUT2D eigenvalue weighted by Gasteiger charge is -2.24. The summed E-state index contributed by atoms with van der Waals surface area (Å²) >= 11 is 0. The summed E-state index contributed by atoms with van der Waals surface area (Å²) in [5, 5.41) is 3.62. The second-order valence-corrected chi connectivity index (χ2v) is 5.52. The fraction of sp³-hybridized carbons (Fsp3) is 0.625. The summed E-state index contributed by atoms with van der Waals surface area (Å²) in [6, 6.07) is 7.69. The quantitative estimate of drug-likeness (QED) is 0.790. The minimum absolute atomic E-state index is 0.134. The average Bonchev–Trinajstić information content (AvgIpc) is 2.45. The normalized spacial score (nSPS) is 16.5. The molecule has 0 bridgehead atoms. The van der Waals surface area contributed by atoms with Crippen molar-refractivity contribution in [2.45, 2.75) is 44.6 Å². The van der Waals surface area contributed by atoms with Crippen molar-refractivity contribution in [1.29, 1.82) is 0 Å². The molecular weight excluding hydrogens is 239 g/mol. The minimum Gasteiger partial charge on any atom is -0.372 e. The molecule has 0 radical (unpaired) electrons. The molecule has 0 amide bonds. The van der Waals surface area contributed by atoms with Crippen LogP contribution in [0.15, 0.2) is 24.3 Å². The van der Waals surface area contributed by atoms with Gasteiger partial charge in [-0.2, -0.15) is 0 Å². The van der Waals surface area contributed by atoms with Crippen molar-refractivity contribution in [2.75, 3.05) is 25.0 Å². The molecule has 106 valence electrons. The largest absolute Gasteiger partial charge is 0.372 e. The van der Waals surface area contributed by atoms with Gasteiger partial charge in [0.2, 0.25) is 0 Å². The third-order valence-corrected chi connectivity index (χ3v) is 3.97. The van der Waals surface area contributed by atoms with Gasteiger partial charge in [-0.25, -0.2) is 4.39 Å². The first-order valence-corrected chi connectivity index (χ1v) is 7.46. The van der Waals surface area contributed by atoms with E-state index in [1.165, 1.54) is 38.2 Å². The van der Waals surface area contributed by atoms with Gasteiger partial charge in [-0.15, -0.1) is 0 Å². The average molecular weight is 264 g/mol. The molecule has 1 fully saturated rings. The second-order valence-electron chi connectivity index (χ2n) is 5.52. The summed E-state index contributed by atoms with van der Waals surface area (Å²) in [5.41, 5.74) is 0.695. The van der Waals surface area contributed by atoms with Gasteiger partial charge < -0.3 is 10.2 Å². The van der Waals surface area contributed by atoms with Crippen LogP contribution in [-0.4, -0.2) is 26.2 Å². The van der Waals surface area contributed by atoms with E-state index in [9.17, 15) is 4.39 Å². The molecule has 3 heteroatoms. The fourth-order valence-electron chi connectivity index (χ4n) is 2.81. The van der Waals surface area contributed by atoms with E-state index in [2.05, 4.69) is 5.32 Å². The molecule has 0 aliphatic heterocycles. The van der Waals surface area contributed by atoms with Gasteiger partial charge in [0, 0.05) is 19.6 Å². The summed E-state index contributed by atoms with van der Waals surface area (Å²) in [7, 11) is 1.96. The van der Waals surface area contributed by atoms with E-state index in [1.54, 1.807) is 6.07 Å². The highest BCUT2D eigenvalue weighted by atomic mass is 19.1. The molecule has 0 saturated heterocycles. The van der Waals surface area contributed by atoms with Crippen LogP contribution in [0.5, 0.6) is 0 Å². The Labute approximate surface area is 116 Å². The Hall–Kier alpha value is -1.09. The number of halogens is 1. The maximum absolute atomic E-state index is 13.6. The third-order valence-electron chi connectivity index (χ3n) is 3.97. The first kappa shape index (κ1) is 14.3. The monoisotopic (exact) mass is 264 g/mol. The van der Waals surface area contributed by atoms with Crippen LogP contribution in [0.25, 0.3) is 0 Å². The molecule has 0 heterocycles. The molecule has 1 aliphatic rings. The Morgan fingerprint density at radius 1 is 1.21 bits per heavy atom. The summed E-state index contributed by atoms with van der Waals surface area (Å²) in [6.45, 7) is 1.92. The SMILES string of the molecule is CN(CCCNC1CCCCC1)c1ccccc1F. The van der Waals surface area contributed by atoms with Gasteiger partial charge in [-0.05, 0) is 37.9 Å². The zero-order valence-electron chi connectivity index (χ0n) is 11.9. The number of anilines is 1. The van der Waals surface area contributed by atoms with Gasteiger partial charge in [0.1, 0.15) is 5.82 Å². The van der Waals surface area contributed by atoms with Gasteiger partial charge >= 0.3 is 0 Å². The van der Waals surface area contributed by atoms with Crippen LogP contribution in [0, 0.1) is 5.82 Å². The standard InChI is InChI=1S/C16H25FN2/c1-19(16-11-6-5-10-15(16)17)13-7-12-18-14-8-3-2-4-9-14/h5-6,10-11,14,18H,2-4,7-9,12-13H2,1H3. The lowest BCUT2D eigenvalue weighted by atomic mass is 9.95. The maximum Gasteiger partial charge on any atom is 0.146 e. The van der Waals surface area contributed by atoms with Gasteiger partial charge in [0.05, 0.1) is 5.69 Å². The van der Waals surface area contributed by atoms with E-state index in [0.29, 0.717) is 11.7 Å². The van der Waals surface area contributed by atoms with E-state index < -0.39 is 0 Å². The Morgan fingerprint density at radius 3 is 2.68 bits per heavy atom. The fourth-order valence-corrected chi connectivity index (χ4v) is 2.81.